The van der Waals surface area contributed by atoms with E-state index in [4.69, 9.17) is 9.47 Å². The molecule has 0 N–H and O–H groups in total. The normalized spacial score (nSPS) is 18.4. The summed E-state index contributed by atoms with van der Waals surface area (Å²) in [6.45, 7) is 3.46. The van der Waals surface area contributed by atoms with Crippen molar-refractivity contribution in [1.29, 1.82) is 0 Å². The van der Waals surface area contributed by atoms with Crippen LogP contribution in [-0.2, 0) is 15.9 Å². The average molecular weight is 327 g/mol. The van der Waals surface area contributed by atoms with Gasteiger partial charge in [-0.25, -0.2) is 0 Å². The van der Waals surface area contributed by atoms with E-state index in [0.717, 1.165) is 57.4 Å². The Morgan fingerprint density at radius 2 is 1.89 bits per heavy atom. The Labute approximate surface area is 124 Å². The van der Waals surface area contributed by atoms with Gasteiger partial charge in [0.2, 0.25) is 0 Å². The molecule has 0 saturated carbocycles. The maximum absolute atomic E-state index is 5.90. The number of hydrogen-bond acceptors (Lipinski definition) is 2. The zero-order valence-corrected chi connectivity index (χ0v) is 13.0. The van der Waals surface area contributed by atoms with Crippen LogP contribution in [-0.4, -0.2) is 31.8 Å². The smallest absolute Gasteiger partial charge is 0.0532 e. The minimum Gasteiger partial charge on any atom is -0.381 e. The molecule has 1 fully saturated rings. The monoisotopic (exact) mass is 326 g/mol. The van der Waals surface area contributed by atoms with Gasteiger partial charge in [-0.2, -0.15) is 0 Å². The molecular weight excluding hydrogens is 304 g/mol. The number of benzene rings is 1. The number of rotatable bonds is 7. The van der Waals surface area contributed by atoms with E-state index < -0.39 is 0 Å². The topological polar surface area (TPSA) is 18.5 Å². The largest absolute Gasteiger partial charge is 0.381 e. The van der Waals surface area contributed by atoms with Crippen LogP contribution in [0.1, 0.15) is 24.8 Å². The van der Waals surface area contributed by atoms with Crippen molar-refractivity contribution in [2.45, 2.75) is 25.7 Å². The zero-order chi connectivity index (χ0) is 13.4. The second-order valence-corrected chi connectivity index (χ2v) is 5.95. The van der Waals surface area contributed by atoms with Gasteiger partial charge in [-0.15, -0.1) is 0 Å². The Kier molecular flexibility index (Phi) is 6.35. The molecule has 0 aromatic heterocycles. The Bertz CT molecular complexity index is 347. The molecule has 0 atom stereocenters. The lowest BCUT2D eigenvalue weighted by Gasteiger charge is -2.35. The molecule has 1 heterocycles. The molecule has 2 rings (SSSR count). The van der Waals surface area contributed by atoms with E-state index in [-0.39, 0.29) is 0 Å². The summed E-state index contributed by atoms with van der Waals surface area (Å²) in [7, 11) is 0. The molecule has 0 radical (unpaired) electrons. The van der Waals surface area contributed by atoms with Crippen molar-refractivity contribution in [2.75, 3.05) is 31.8 Å². The van der Waals surface area contributed by atoms with Crippen molar-refractivity contribution < 1.29 is 9.47 Å². The number of halogens is 1. The van der Waals surface area contributed by atoms with Crippen LogP contribution in [0.3, 0.4) is 0 Å². The van der Waals surface area contributed by atoms with Gasteiger partial charge in [-0.1, -0.05) is 46.3 Å². The fraction of sp³-hybridized carbons (Fsp3) is 0.625. The van der Waals surface area contributed by atoms with Gasteiger partial charge in [-0.05, 0) is 31.2 Å². The highest BCUT2D eigenvalue weighted by molar-refractivity contribution is 9.09. The zero-order valence-electron chi connectivity index (χ0n) is 11.4. The first-order valence-corrected chi connectivity index (χ1v) is 8.22. The van der Waals surface area contributed by atoms with Gasteiger partial charge in [0.1, 0.15) is 0 Å². The highest BCUT2D eigenvalue weighted by Gasteiger charge is 2.31. The summed E-state index contributed by atoms with van der Waals surface area (Å²) in [5.74, 6) is 0. The van der Waals surface area contributed by atoms with Crippen LogP contribution in [0.25, 0.3) is 0 Å². The highest BCUT2D eigenvalue weighted by atomic mass is 79.9. The number of aryl methyl sites for hydroxylation is 1. The number of alkyl halides is 1. The molecule has 1 aromatic rings. The molecule has 0 aliphatic carbocycles. The second kappa shape index (κ2) is 8.03. The fourth-order valence-electron chi connectivity index (χ4n) is 2.43. The summed E-state index contributed by atoms with van der Waals surface area (Å²) in [5.41, 5.74) is 1.69. The third kappa shape index (κ3) is 4.90. The van der Waals surface area contributed by atoms with Crippen molar-refractivity contribution >= 4 is 15.9 Å². The lowest BCUT2D eigenvalue weighted by Crippen LogP contribution is -2.35. The molecule has 1 aliphatic rings. The van der Waals surface area contributed by atoms with Crippen LogP contribution in [0.2, 0.25) is 0 Å². The van der Waals surface area contributed by atoms with Gasteiger partial charge in [0.15, 0.2) is 0 Å². The lowest BCUT2D eigenvalue weighted by molar-refractivity contribution is -0.0269. The van der Waals surface area contributed by atoms with Crippen LogP contribution in [0, 0.1) is 5.41 Å². The SMILES string of the molecule is BrCC1(COCCCc2ccccc2)CCOCC1. The van der Waals surface area contributed by atoms with Crippen LogP contribution < -0.4 is 0 Å². The summed E-state index contributed by atoms with van der Waals surface area (Å²) in [5, 5.41) is 1.02. The maximum Gasteiger partial charge on any atom is 0.0532 e. The van der Waals surface area contributed by atoms with Gasteiger partial charge < -0.3 is 9.47 Å². The average Bonchev–Trinajstić information content (AvgIpc) is 2.49. The summed E-state index contributed by atoms with van der Waals surface area (Å²) >= 11 is 3.64. The minimum absolute atomic E-state index is 0.297. The van der Waals surface area contributed by atoms with E-state index in [1.54, 1.807) is 0 Å². The summed E-state index contributed by atoms with van der Waals surface area (Å²) in [4.78, 5) is 0. The first-order valence-electron chi connectivity index (χ1n) is 7.10. The van der Waals surface area contributed by atoms with Crippen molar-refractivity contribution in [3.63, 3.8) is 0 Å². The summed E-state index contributed by atoms with van der Waals surface area (Å²) < 4.78 is 11.3. The van der Waals surface area contributed by atoms with E-state index in [0.29, 0.717) is 5.41 Å². The molecule has 0 unspecified atom stereocenters. The van der Waals surface area contributed by atoms with Crippen molar-refractivity contribution in [1.82, 2.24) is 0 Å². The van der Waals surface area contributed by atoms with Gasteiger partial charge >= 0.3 is 0 Å². The molecule has 0 bridgehead atoms. The molecule has 1 aliphatic heterocycles. The third-order valence-corrected chi connectivity index (χ3v) is 5.03. The van der Waals surface area contributed by atoms with E-state index in [9.17, 15) is 0 Å². The quantitative estimate of drug-likeness (QED) is 0.560. The molecule has 0 amide bonds. The predicted octanol–water partition coefficient (Wildman–Crippen LogP) is 3.83. The first-order chi connectivity index (χ1) is 9.35. The van der Waals surface area contributed by atoms with E-state index >= 15 is 0 Å². The van der Waals surface area contributed by atoms with Crippen LogP contribution in [0.5, 0.6) is 0 Å². The highest BCUT2D eigenvalue weighted by Crippen LogP contribution is 2.32. The number of ether oxygens (including phenoxy) is 2. The van der Waals surface area contributed by atoms with E-state index in [1.807, 2.05) is 0 Å². The molecule has 1 saturated heterocycles. The molecule has 3 heteroatoms. The van der Waals surface area contributed by atoms with E-state index in [2.05, 4.69) is 46.3 Å². The van der Waals surface area contributed by atoms with Gasteiger partial charge in [0.05, 0.1) is 6.61 Å². The summed E-state index contributed by atoms with van der Waals surface area (Å²) in [6, 6.07) is 10.6. The second-order valence-electron chi connectivity index (χ2n) is 5.39. The predicted molar refractivity (Wildman–Crippen MR) is 81.9 cm³/mol. The minimum atomic E-state index is 0.297. The molecule has 0 spiro atoms. The van der Waals surface area contributed by atoms with Crippen LogP contribution in [0.15, 0.2) is 30.3 Å². The molecule has 106 valence electrons. The van der Waals surface area contributed by atoms with Crippen molar-refractivity contribution in [3.05, 3.63) is 35.9 Å². The van der Waals surface area contributed by atoms with Gasteiger partial charge in [0, 0.05) is 30.6 Å². The fourth-order valence-corrected chi connectivity index (χ4v) is 3.16. The molecule has 1 aromatic carbocycles. The Morgan fingerprint density at radius 1 is 1.16 bits per heavy atom. The maximum atomic E-state index is 5.90. The molecule has 2 nitrogen and oxygen atoms in total. The molecule has 19 heavy (non-hydrogen) atoms. The Balaban J connectivity index is 1.63. The lowest BCUT2D eigenvalue weighted by atomic mass is 9.83. The van der Waals surface area contributed by atoms with Gasteiger partial charge in [0.25, 0.3) is 0 Å². The summed E-state index contributed by atoms with van der Waals surface area (Å²) in [6.07, 6.45) is 4.41. The van der Waals surface area contributed by atoms with Crippen LogP contribution >= 0.6 is 15.9 Å². The first kappa shape index (κ1) is 15.0. The van der Waals surface area contributed by atoms with Crippen molar-refractivity contribution in [3.8, 4) is 0 Å². The van der Waals surface area contributed by atoms with E-state index in [1.165, 1.54) is 5.56 Å². The van der Waals surface area contributed by atoms with Gasteiger partial charge in [-0.3, -0.25) is 0 Å². The van der Waals surface area contributed by atoms with Crippen LogP contribution in [0.4, 0.5) is 0 Å². The Hall–Kier alpha value is -0.380. The number of hydrogen-bond donors (Lipinski definition) is 0. The standard InChI is InChI=1S/C16H23BrO2/c17-13-16(8-11-18-12-9-16)14-19-10-4-7-15-5-2-1-3-6-15/h1-3,5-6H,4,7-14H2. The molecular formula is C16H23BrO2. The van der Waals surface area contributed by atoms with Crippen molar-refractivity contribution in [2.24, 2.45) is 5.41 Å². The Morgan fingerprint density at radius 3 is 2.58 bits per heavy atom. The third-order valence-electron chi connectivity index (χ3n) is 3.84.